The molecule has 2 heterocycles. The monoisotopic (exact) mass is 302 g/mol. The molecule has 3 nitrogen and oxygen atoms in total. The SMILES string of the molecule is C=CC(C)Oc1c2c3ccccc3nc-2n(C)c2ccccc12. The normalized spacial score (nSPS) is 12.8. The largest absolute Gasteiger partial charge is 0.485 e. The van der Waals surface area contributed by atoms with Gasteiger partial charge in [-0.3, -0.25) is 0 Å². The van der Waals surface area contributed by atoms with Crippen molar-refractivity contribution < 1.29 is 4.74 Å². The molecule has 2 aliphatic rings. The molecule has 114 valence electrons. The van der Waals surface area contributed by atoms with Crippen molar-refractivity contribution in [2.24, 2.45) is 7.05 Å². The molecule has 4 rings (SSSR count). The molecule has 1 atom stereocenters. The van der Waals surface area contributed by atoms with E-state index in [0.29, 0.717) is 0 Å². The lowest BCUT2D eigenvalue weighted by atomic mass is 10.1. The van der Waals surface area contributed by atoms with Gasteiger partial charge in [0.1, 0.15) is 17.7 Å². The molecule has 2 aromatic rings. The van der Waals surface area contributed by atoms with E-state index in [2.05, 4.69) is 36.4 Å². The van der Waals surface area contributed by atoms with Crippen LogP contribution in [0.15, 0.2) is 61.2 Å². The molecule has 0 N–H and O–H groups in total. The van der Waals surface area contributed by atoms with Crippen LogP contribution in [0.3, 0.4) is 0 Å². The van der Waals surface area contributed by atoms with Crippen LogP contribution in [0.5, 0.6) is 5.75 Å². The van der Waals surface area contributed by atoms with Gasteiger partial charge in [0, 0.05) is 17.8 Å². The molecule has 0 spiro atoms. The average Bonchev–Trinajstić information content (AvgIpc) is 2.98. The third-order valence-corrected chi connectivity index (χ3v) is 4.31. The fourth-order valence-electron chi connectivity index (χ4n) is 3.10. The van der Waals surface area contributed by atoms with Gasteiger partial charge in [0.05, 0.1) is 16.6 Å². The van der Waals surface area contributed by atoms with Gasteiger partial charge < -0.3 is 9.30 Å². The van der Waals surface area contributed by atoms with E-state index in [-0.39, 0.29) is 6.10 Å². The molecule has 0 bridgehead atoms. The molecule has 0 saturated heterocycles. The fourth-order valence-corrected chi connectivity index (χ4v) is 3.10. The van der Waals surface area contributed by atoms with Crippen LogP contribution in [0, 0.1) is 0 Å². The molecule has 0 saturated carbocycles. The van der Waals surface area contributed by atoms with Crippen molar-refractivity contribution in [3.8, 4) is 17.1 Å². The Morgan fingerprint density at radius 3 is 2.57 bits per heavy atom. The molecule has 23 heavy (non-hydrogen) atoms. The molecule has 2 aliphatic heterocycles. The second-order valence-corrected chi connectivity index (χ2v) is 5.79. The summed E-state index contributed by atoms with van der Waals surface area (Å²) in [5, 5.41) is 2.21. The first kappa shape index (κ1) is 13.8. The van der Waals surface area contributed by atoms with Gasteiger partial charge in [-0.15, -0.1) is 0 Å². The third kappa shape index (κ3) is 2.00. The lowest BCUT2D eigenvalue weighted by molar-refractivity contribution is 0.274. The predicted octanol–water partition coefficient (Wildman–Crippen LogP) is 4.78. The number of aromatic nitrogens is 2. The van der Waals surface area contributed by atoms with Crippen molar-refractivity contribution in [3.63, 3.8) is 0 Å². The third-order valence-electron chi connectivity index (χ3n) is 4.31. The maximum atomic E-state index is 6.24. The number of ether oxygens (including phenoxy) is 1. The smallest absolute Gasteiger partial charge is 0.145 e. The van der Waals surface area contributed by atoms with E-state index in [1.807, 2.05) is 43.3 Å². The van der Waals surface area contributed by atoms with Crippen LogP contribution in [-0.4, -0.2) is 15.7 Å². The topological polar surface area (TPSA) is 27.1 Å². The molecule has 1 unspecified atom stereocenters. The summed E-state index contributed by atoms with van der Waals surface area (Å²) in [7, 11) is 2.05. The number of benzene rings is 2. The minimum Gasteiger partial charge on any atom is -0.485 e. The Bertz CT molecular complexity index is 999. The molecule has 0 aromatic heterocycles. The average molecular weight is 302 g/mol. The van der Waals surface area contributed by atoms with Gasteiger partial charge in [0.25, 0.3) is 0 Å². The molecule has 0 amide bonds. The summed E-state index contributed by atoms with van der Waals surface area (Å²) in [4.78, 5) is 4.82. The molecular weight excluding hydrogens is 284 g/mol. The maximum absolute atomic E-state index is 6.24. The van der Waals surface area contributed by atoms with Crippen molar-refractivity contribution in [1.29, 1.82) is 0 Å². The van der Waals surface area contributed by atoms with E-state index in [1.165, 1.54) is 0 Å². The van der Waals surface area contributed by atoms with Crippen LogP contribution in [0.4, 0.5) is 0 Å². The van der Waals surface area contributed by atoms with Crippen LogP contribution < -0.4 is 4.74 Å². The first-order valence-corrected chi connectivity index (χ1v) is 7.76. The zero-order valence-electron chi connectivity index (χ0n) is 13.3. The van der Waals surface area contributed by atoms with E-state index in [9.17, 15) is 0 Å². The highest BCUT2D eigenvalue weighted by molar-refractivity contribution is 6.06. The number of hydrogen-bond donors (Lipinski definition) is 0. The first-order chi connectivity index (χ1) is 11.2. The van der Waals surface area contributed by atoms with Gasteiger partial charge in [-0.05, 0) is 25.1 Å². The zero-order valence-corrected chi connectivity index (χ0v) is 13.3. The second kappa shape index (κ2) is 5.13. The van der Waals surface area contributed by atoms with Crippen LogP contribution in [0.1, 0.15) is 6.92 Å². The van der Waals surface area contributed by atoms with Crippen molar-refractivity contribution in [2.45, 2.75) is 13.0 Å². The minimum absolute atomic E-state index is 0.0667. The highest BCUT2D eigenvalue weighted by Gasteiger charge is 2.23. The number of fused-ring (bicyclic) bond motifs is 4. The van der Waals surface area contributed by atoms with Gasteiger partial charge in [-0.2, -0.15) is 0 Å². The number of pyridine rings is 1. The minimum atomic E-state index is -0.0667. The van der Waals surface area contributed by atoms with Crippen LogP contribution in [0.25, 0.3) is 33.2 Å². The summed E-state index contributed by atoms with van der Waals surface area (Å²) in [6, 6.07) is 16.5. The number of para-hydroxylation sites is 2. The summed E-state index contributed by atoms with van der Waals surface area (Å²) in [5.74, 6) is 1.82. The zero-order chi connectivity index (χ0) is 16.0. The van der Waals surface area contributed by atoms with E-state index < -0.39 is 0 Å². The summed E-state index contributed by atoms with van der Waals surface area (Å²) in [6.07, 6.45) is 1.74. The van der Waals surface area contributed by atoms with Crippen LogP contribution >= 0.6 is 0 Å². The summed E-state index contributed by atoms with van der Waals surface area (Å²) < 4.78 is 8.38. The van der Waals surface area contributed by atoms with Crippen LogP contribution in [-0.2, 0) is 7.05 Å². The van der Waals surface area contributed by atoms with E-state index in [4.69, 9.17) is 9.72 Å². The summed E-state index contributed by atoms with van der Waals surface area (Å²) >= 11 is 0. The Kier molecular flexibility index (Phi) is 3.08. The fraction of sp³-hybridized carbons (Fsp3) is 0.150. The van der Waals surface area contributed by atoms with Crippen LogP contribution in [0.2, 0.25) is 0 Å². The molecule has 0 radical (unpaired) electrons. The molecule has 0 fully saturated rings. The van der Waals surface area contributed by atoms with E-state index >= 15 is 0 Å². The quantitative estimate of drug-likeness (QED) is 0.509. The predicted molar refractivity (Wildman–Crippen MR) is 95.1 cm³/mol. The van der Waals surface area contributed by atoms with E-state index in [1.54, 1.807) is 0 Å². The van der Waals surface area contributed by atoms with Crippen molar-refractivity contribution in [2.75, 3.05) is 0 Å². The Morgan fingerprint density at radius 2 is 1.78 bits per heavy atom. The van der Waals surface area contributed by atoms with Crippen molar-refractivity contribution >= 4 is 21.8 Å². The first-order valence-electron chi connectivity index (χ1n) is 7.76. The number of nitrogens with zero attached hydrogens (tertiary/aromatic N) is 2. The standard InChI is InChI=1S/C20H18N2O/c1-4-13(2)23-19-15-10-6-8-12-17(15)22(3)20-18(19)14-9-5-7-11-16(14)21-20/h4-13H,1H2,2-3H3. The molecule has 2 aromatic carbocycles. The Labute approximate surface area is 135 Å². The molecule has 0 aliphatic carbocycles. The molecule has 3 heteroatoms. The van der Waals surface area contributed by atoms with Gasteiger partial charge in [0.2, 0.25) is 0 Å². The molecular formula is C20H18N2O. The van der Waals surface area contributed by atoms with Gasteiger partial charge in [-0.25, -0.2) is 4.98 Å². The highest BCUT2D eigenvalue weighted by atomic mass is 16.5. The number of aryl methyl sites for hydroxylation is 1. The highest BCUT2D eigenvalue weighted by Crippen LogP contribution is 2.43. The summed E-state index contributed by atoms with van der Waals surface area (Å²) in [5.41, 5.74) is 3.16. The van der Waals surface area contributed by atoms with Crippen molar-refractivity contribution in [3.05, 3.63) is 61.2 Å². The summed E-state index contributed by atoms with van der Waals surface area (Å²) in [6.45, 7) is 5.84. The van der Waals surface area contributed by atoms with Crippen molar-refractivity contribution in [1.82, 2.24) is 9.55 Å². The van der Waals surface area contributed by atoms with Gasteiger partial charge in [0.15, 0.2) is 0 Å². The maximum Gasteiger partial charge on any atom is 0.145 e. The Balaban J connectivity index is 2.20. The second-order valence-electron chi connectivity index (χ2n) is 5.79. The number of hydrogen-bond acceptors (Lipinski definition) is 2. The Hall–Kier alpha value is -2.81. The lowest BCUT2D eigenvalue weighted by Gasteiger charge is -2.20. The van der Waals surface area contributed by atoms with Gasteiger partial charge >= 0.3 is 0 Å². The number of rotatable bonds is 3. The van der Waals surface area contributed by atoms with Gasteiger partial charge in [-0.1, -0.05) is 43.0 Å². The van der Waals surface area contributed by atoms with E-state index in [0.717, 1.165) is 38.9 Å². The lowest BCUT2D eigenvalue weighted by Crippen LogP contribution is -2.11. The Morgan fingerprint density at radius 1 is 1.09 bits per heavy atom.